The molecule has 2 aromatic carbocycles. The lowest BCUT2D eigenvalue weighted by Crippen LogP contribution is -2.46. The zero-order valence-electron chi connectivity index (χ0n) is 28.4. The molecule has 11 nitrogen and oxygen atoms in total. The van der Waals surface area contributed by atoms with Gasteiger partial charge in [-0.15, -0.1) is 0 Å². The topological polar surface area (TPSA) is 156 Å². The highest BCUT2D eigenvalue weighted by atomic mass is 19.1. The standard InChI is InChI=1S/C37H44F2N6O5/c1-6-12-30-33(41-5)44-35(48)37(30,7-2)21-27-15-11-16-29(20-27)43-31(46)22-45(32(40)24(3)19-28(39)17-18-38)34(47)25(4)42-36(49)50-23-26-13-9-8-10-14-26/h6,8-18,20,28,36,40-42,49H,3-4,7,19,21-23H2,1-2,5H3,(H,43,46)(H,44,48)/b12-6-,18-17+,40-32?. The molecular weight excluding hydrogens is 646 g/mol. The molecule has 0 aromatic heterocycles. The average molecular weight is 691 g/mol. The molecule has 2 aromatic rings. The van der Waals surface area contributed by atoms with Gasteiger partial charge in [0.2, 0.25) is 18.2 Å². The van der Waals surface area contributed by atoms with E-state index < -0.39 is 54.3 Å². The summed E-state index contributed by atoms with van der Waals surface area (Å²) in [5, 5.41) is 30.0. The zero-order valence-corrected chi connectivity index (χ0v) is 28.4. The van der Waals surface area contributed by atoms with Crippen molar-refractivity contribution in [3.8, 4) is 0 Å². The molecule has 266 valence electrons. The van der Waals surface area contributed by atoms with Crippen molar-refractivity contribution >= 4 is 29.2 Å². The number of hydrogen-bond acceptors (Lipinski definition) is 8. The normalized spacial score (nSPS) is 17.0. The Morgan fingerprint density at radius 3 is 2.50 bits per heavy atom. The second kappa shape index (κ2) is 18.4. The maximum absolute atomic E-state index is 14.2. The predicted molar refractivity (Wildman–Crippen MR) is 188 cm³/mol. The number of ether oxygens (including phenoxy) is 1. The first-order valence-corrected chi connectivity index (χ1v) is 15.9. The Kier molecular flexibility index (Phi) is 14.4. The maximum atomic E-state index is 14.2. The van der Waals surface area contributed by atoms with Crippen LogP contribution in [0.2, 0.25) is 0 Å². The van der Waals surface area contributed by atoms with Crippen LogP contribution in [0.25, 0.3) is 0 Å². The number of carbonyl (C=O) groups excluding carboxylic acids is 3. The molecule has 50 heavy (non-hydrogen) atoms. The number of aliphatic hydroxyl groups is 1. The van der Waals surface area contributed by atoms with Crippen LogP contribution in [0.1, 0.15) is 37.8 Å². The summed E-state index contributed by atoms with van der Waals surface area (Å²) in [6, 6.07) is 15.8. The monoisotopic (exact) mass is 690 g/mol. The zero-order chi connectivity index (χ0) is 36.8. The van der Waals surface area contributed by atoms with Crippen LogP contribution in [0.5, 0.6) is 0 Å². The number of nitrogens with one attached hydrogen (secondary N) is 5. The molecule has 13 heteroatoms. The summed E-state index contributed by atoms with van der Waals surface area (Å²) < 4.78 is 32.0. The van der Waals surface area contributed by atoms with Crippen LogP contribution >= 0.6 is 0 Å². The predicted octanol–water partition coefficient (Wildman–Crippen LogP) is 4.87. The number of aliphatic hydroxyl groups excluding tert-OH is 1. The van der Waals surface area contributed by atoms with Gasteiger partial charge in [0.25, 0.3) is 5.91 Å². The molecule has 0 spiro atoms. The number of carbonyl (C=O) groups is 3. The molecule has 0 saturated heterocycles. The van der Waals surface area contributed by atoms with Crippen LogP contribution in [0.4, 0.5) is 14.5 Å². The van der Waals surface area contributed by atoms with E-state index in [-0.39, 0.29) is 24.4 Å². The Labute approximate surface area is 291 Å². The van der Waals surface area contributed by atoms with Crippen LogP contribution < -0.4 is 21.3 Å². The van der Waals surface area contributed by atoms with E-state index >= 15 is 0 Å². The van der Waals surface area contributed by atoms with Crippen LogP contribution in [0.3, 0.4) is 0 Å². The van der Waals surface area contributed by atoms with Crippen LogP contribution in [0, 0.1) is 10.8 Å². The van der Waals surface area contributed by atoms with Crippen molar-refractivity contribution in [2.75, 3.05) is 18.9 Å². The van der Waals surface area contributed by atoms with E-state index in [2.05, 4.69) is 34.4 Å². The third kappa shape index (κ3) is 10.1. The molecular formula is C37H44F2N6O5. The highest BCUT2D eigenvalue weighted by Gasteiger charge is 2.46. The summed E-state index contributed by atoms with van der Waals surface area (Å²) in [4.78, 5) is 40.8. The molecule has 0 saturated carbocycles. The number of amides is 3. The summed E-state index contributed by atoms with van der Waals surface area (Å²) in [6.45, 7) is 10.4. The van der Waals surface area contributed by atoms with Gasteiger partial charge in [0, 0.05) is 24.7 Å². The van der Waals surface area contributed by atoms with E-state index in [1.807, 2.05) is 38.1 Å². The molecule has 3 rings (SSSR count). The molecule has 1 aliphatic heterocycles. The van der Waals surface area contributed by atoms with Gasteiger partial charge in [0.15, 0.2) is 0 Å². The highest BCUT2D eigenvalue weighted by molar-refractivity contribution is 6.13. The molecule has 3 atom stereocenters. The van der Waals surface area contributed by atoms with Crippen LogP contribution in [-0.2, 0) is 32.1 Å². The van der Waals surface area contributed by atoms with Gasteiger partial charge in [-0.2, -0.15) is 0 Å². The van der Waals surface area contributed by atoms with Crippen molar-refractivity contribution in [3.05, 3.63) is 126 Å². The summed E-state index contributed by atoms with van der Waals surface area (Å²) in [6.07, 6.45) is 1.20. The van der Waals surface area contributed by atoms with Gasteiger partial charge in [-0.3, -0.25) is 24.7 Å². The maximum Gasteiger partial charge on any atom is 0.275 e. The van der Waals surface area contributed by atoms with Gasteiger partial charge in [-0.05, 0) is 54.7 Å². The third-order valence-electron chi connectivity index (χ3n) is 8.04. The van der Waals surface area contributed by atoms with E-state index in [1.165, 1.54) is 0 Å². The molecule has 1 heterocycles. The number of halogens is 2. The summed E-state index contributed by atoms with van der Waals surface area (Å²) in [7, 11) is 1.73. The number of alkyl halides is 1. The Bertz CT molecular complexity index is 1680. The number of benzene rings is 2. The quantitative estimate of drug-likeness (QED) is 0.0565. The first kappa shape index (κ1) is 39.0. The largest absolute Gasteiger partial charge is 0.374 e. The fraction of sp³-hybridized carbons (Fsp3) is 0.297. The number of amidine groups is 1. The highest BCUT2D eigenvalue weighted by Crippen LogP contribution is 2.41. The Morgan fingerprint density at radius 1 is 1.16 bits per heavy atom. The molecule has 3 unspecified atom stereocenters. The van der Waals surface area contributed by atoms with Crippen molar-refractivity contribution in [3.63, 3.8) is 0 Å². The van der Waals surface area contributed by atoms with Gasteiger partial charge < -0.3 is 31.1 Å². The lowest BCUT2D eigenvalue weighted by molar-refractivity contribution is -0.135. The van der Waals surface area contributed by atoms with E-state index in [0.29, 0.717) is 35.3 Å². The lowest BCUT2D eigenvalue weighted by Gasteiger charge is -2.27. The number of nitrogens with zero attached hydrogens (tertiary/aromatic N) is 1. The van der Waals surface area contributed by atoms with Crippen LogP contribution in [0.15, 0.2) is 115 Å². The van der Waals surface area contributed by atoms with Gasteiger partial charge in [-0.1, -0.05) is 74.7 Å². The lowest BCUT2D eigenvalue weighted by atomic mass is 9.73. The summed E-state index contributed by atoms with van der Waals surface area (Å²) >= 11 is 0. The van der Waals surface area contributed by atoms with E-state index in [1.54, 1.807) is 49.5 Å². The molecule has 6 N–H and O–H groups in total. The van der Waals surface area contributed by atoms with Crippen molar-refractivity contribution < 1.29 is 33.0 Å². The minimum absolute atomic E-state index is 0.00186. The van der Waals surface area contributed by atoms with E-state index in [0.717, 1.165) is 16.7 Å². The fourth-order valence-corrected chi connectivity index (χ4v) is 5.46. The molecule has 1 aliphatic rings. The first-order valence-electron chi connectivity index (χ1n) is 15.9. The van der Waals surface area contributed by atoms with E-state index in [9.17, 15) is 28.3 Å². The van der Waals surface area contributed by atoms with Gasteiger partial charge >= 0.3 is 0 Å². The molecule has 0 aliphatic carbocycles. The number of allylic oxidation sites excluding steroid dienone is 3. The summed E-state index contributed by atoms with van der Waals surface area (Å²) in [5.41, 5.74) is 1.20. The average Bonchev–Trinajstić information content (AvgIpc) is 3.36. The van der Waals surface area contributed by atoms with E-state index in [4.69, 9.17) is 10.1 Å². The van der Waals surface area contributed by atoms with Crippen molar-refractivity contribution in [1.29, 1.82) is 5.41 Å². The number of anilines is 1. The van der Waals surface area contributed by atoms with Crippen molar-refractivity contribution in [2.45, 2.75) is 52.3 Å². The second-order valence-corrected chi connectivity index (χ2v) is 11.5. The van der Waals surface area contributed by atoms with Gasteiger partial charge in [0.1, 0.15) is 24.4 Å². The molecule has 0 fully saturated rings. The van der Waals surface area contributed by atoms with Gasteiger partial charge in [-0.25, -0.2) is 8.78 Å². The SMILES string of the molecule is C=C(CC(F)/C=C/F)C(=N)N(CC(=O)Nc1cccc(CC2(CC)C(=O)NC(NC)=C2/C=C\C)c1)C(=O)C(=C)NC(O)OCc1ccccc1. The second-order valence-electron chi connectivity index (χ2n) is 11.5. The molecule has 0 radical (unpaired) electrons. The van der Waals surface area contributed by atoms with Crippen LogP contribution in [-0.4, -0.2) is 59.7 Å². The van der Waals surface area contributed by atoms with Crippen molar-refractivity contribution in [1.82, 2.24) is 20.9 Å². The molecule has 3 amide bonds. The Balaban J connectivity index is 1.79. The fourth-order valence-electron chi connectivity index (χ4n) is 5.46. The smallest absolute Gasteiger partial charge is 0.275 e. The minimum Gasteiger partial charge on any atom is -0.374 e. The Hall–Kier alpha value is -5.40. The molecule has 0 bridgehead atoms. The minimum atomic E-state index is -1.84. The number of hydrogen-bond donors (Lipinski definition) is 6. The Morgan fingerprint density at radius 2 is 1.86 bits per heavy atom. The number of rotatable bonds is 18. The van der Waals surface area contributed by atoms with Crippen molar-refractivity contribution in [2.24, 2.45) is 5.41 Å². The third-order valence-corrected chi connectivity index (χ3v) is 8.04. The summed E-state index contributed by atoms with van der Waals surface area (Å²) in [5.74, 6) is -1.86. The first-order chi connectivity index (χ1) is 23.9. The van der Waals surface area contributed by atoms with Gasteiger partial charge in [0.05, 0.1) is 24.0 Å².